The molecule has 0 saturated carbocycles. The zero-order chi connectivity index (χ0) is 49.4. The van der Waals surface area contributed by atoms with Crippen LogP contribution in [0.3, 0.4) is 0 Å². The predicted molar refractivity (Wildman–Crippen MR) is 310 cm³/mol. The molecule has 75 heavy (non-hydrogen) atoms. The van der Waals surface area contributed by atoms with Crippen molar-refractivity contribution >= 4 is 65.3 Å². The van der Waals surface area contributed by atoms with Gasteiger partial charge in [0.15, 0.2) is 17.5 Å². The highest BCUT2D eigenvalue weighted by Crippen LogP contribution is 2.41. The van der Waals surface area contributed by atoms with Gasteiger partial charge in [-0.2, -0.15) is 0 Å². The Morgan fingerprint density at radius 2 is 0.667 bits per heavy atom. The fourth-order valence-electron chi connectivity index (χ4n) is 11.4. The highest BCUT2D eigenvalue weighted by atomic mass is 15.0. The lowest BCUT2D eigenvalue weighted by Crippen LogP contribution is -2.01. The minimum atomic E-state index is 0.593. The lowest BCUT2D eigenvalue weighted by atomic mass is 9.94. The fraction of sp³-hybridized carbons (Fsp3) is 0. The van der Waals surface area contributed by atoms with Crippen LogP contribution in [0.1, 0.15) is 0 Å². The number of nitrogens with zero attached hydrogens (tertiary/aromatic N) is 6. The quantitative estimate of drug-likeness (QED) is 0.152. The van der Waals surface area contributed by atoms with Crippen LogP contribution in [0.15, 0.2) is 267 Å². The van der Waals surface area contributed by atoms with Crippen LogP contribution in [0.25, 0.3) is 139 Å². The highest BCUT2D eigenvalue weighted by molar-refractivity contribution is 6.11. The van der Waals surface area contributed by atoms with Crippen molar-refractivity contribution in [3.8, 4) is 73.5 Å². The van der Waals surface area contributed by atoms with Crippen LogP contribution in [0.5, 0.6) is 0 Å². The molecule has 15 aromatic rings. The van der Waals surface area contributed by atoms with Gasteiger partial charge in [0.2, 0.25) is 0 Å². The van der Waals surface area contributed by atoms with Gasteiger partial charge in [-0.15, -0.1) is 0 Å². The van der Waals surface area contributed by atoms with E-state index in [9.17, 15) is 0 Å². The third-order valence-electron chi connectivity index (χ3n) is 14.9. The first-order valence-corrected chi connectivity index (χ1v) is 25.4. The second-order valence-corrected chi connectivity index (χ2v) is 19.3. The first-order chi connectivity index (χ1) is 37.2. The molecular formula is C69H44N6. The summed E-state index contributed by atoms with van der Waals surface area (Å²) in [5.74, 6) is 1.82. The predicted octanol–water partition coefficient (Wildman–Crippen LogP) is 17.5. The summed E-state index contributed by atoms with van der Waals surface area (Å²) in [6.07, 6.45) is 2.19. The maximum atomic E-state index is 5.30. The van der Waals surface area contributed by atoms with Gasteiger partial charge in [-0.3, -0.25) is 0 Å². The first-order valence-electron chi connectivity index (χ1n) is 25.4. The van der Waals surface area contributed by atoms with Crippen LogP contribution >= 0.6 is 0 Å². The van der Waals surface area contributed by atoms with Gasteiger partial charge in [0.05, 0.1) is 33.3 Å². The molecule has 4 aromatic heterocycles. The van der Waals surface area contributed by atoms with Crippen LogP contribution in [-0.2, 0) is 0 Å². The van der Waals surface area contributed by atoms with Crippen molar-refractivity contribution in [1.82, 2.24) is 28.7 Å². The van der Waals surface area contributed by atoms with Crippen molar-refractivity contribution in [3.05, 3.63) is 267 Å². The molecule has 0 aliphatic rings. The number of hydrogen-bond donors (Lipinski definition) is 0. The van der Waals surface area contributed by atoms with Gasteiger partial charge in [-0.1, -0.05) is 176 Å². The van der Waals surface area contributed by atoms with E-state index in [1.165, 1.54) is 32.3 Å². The number of para-hydroxylation sites is 4. The van der Waals surface area contributed by atoms with E-state index in [0.29, 0.717) is 17.5 Å². The van der Waals surface area contributed by atoms with Gasteiger partial charge in [-0.25, -0.2) is 15.0 Å². The van der Waals surface area contributed by atoms with Gasteiger partial charge in [-0.05, 0) is 113 Å². The van der Waals surface area contributed by atoms with Crippen LogP contribution in [-0.4, -0.2) is 28.7 Å². The summed E-state index contributed by atoms with van der Waals surface area (Å²) in [5.41, 5.74) is 15.9. The lowest BCUT2D eigenvalue weighted by Gasteiger charge is -2.17. The fourth-order valence-corrected chi connectivity index (χ4v) is 11.4. The third-order valence-corrected chi connectivity index (χ3v) is 14.9. The van der Waals surface area contributed by atoms with Crippen LogP contribution in [0, 0.1) is 0 Å². The molecule has 0 spiro atoms. The van der Waals surface area contributed by atoms with Crippen molar-refractivity contribution in [1.29, 1.82) is 0 Å². The van der Waals surface area contributed by atoms with Crippen LogP contribution in [0.2, 0.25) is 0 Å². The zero-order valence-corrected chi connectivity index (χ0v) is 40.6. The number of rotatable bonds is 8. The molecule has 0 bridgehead atoms. The molecular weight excluding hydrogens is 913 g/mol. The Morgan fingerprint density at radius 3 is 1.21 bits per heavy atom. The van der Waals surface area contributed by atoms with Crippen molar-refractivity contribution in [2.75, 3.05) is 0 Å². The molecule has 0 radical (unpaired) electrons. The van der Waals surface area contributed by atoms with Crippen molar-refractivity contribution in [2.45, 2.75) is 0 Å². The average Bonchev–Trinajstić information content (AvgIpc) is 4.18. The van der Waals surface area contributed by atoms with Gasteiger partial charge in [0, 0.05) is 66.6 Å². The summed E-state index contributed by atoms with van der Waals surface area (Å²) in [5, 5.41) is 8.42. The molecule has 0 aliphatic carbocycles. The Balaban J connectivity index is 0.999. The largest absolute Gasteiger partial charge is 0.316 e. The molecule has 0 fully saturated rings. The SMILES string of the molecule is c1ccc(-c2nc(-c3ccccc3)nc(-c3cc(-c4cc(-n5c6ccccc6c6ccccc65)cc(-n5c6ccccc6c6ccccc65)c4)cc(-c4ccc5c(ccn5-c5cccc6ccccc56)c4)c3)n2)cc1. The van der Waals surface area contributed by atoms with Gasteiger partial charge >= 0.3 is 0 Å². The minimum absolute atomic E-state index is 0.593. The Labute approximate surface area is 432 Å². The maximum Gasteiger partial charge on any atom is 0.164 e. The van der Waals surface area contributed by atoms with E-state index in [1.807, 2.05) is 36.4 Å². The summed E-state index contributed by atoms with van der Waals surface area (Å²) in [4.78, 5) is 15.7. The molecule has 15 rings (SSSR count). The summed E-state index contributed by atoms with van der Waals surface area (Å²) in [7, 11) is 0. The number of fused-ring (bicyclic) bond motifs is 8. The van der Waals surface area contributed by atoms with Crippen LogP contribution in [0.4, 0.5) is 0 Å². The van der Waals surface area contributed by atoms with E-state index >= 15 is 0 Å². The molecule has 4 heterocycles. The molecule has 0 atom stereocenters. The standard InChI is InChI=1S/C69H44N6/c1-3-19-46(20-4-1)67-70-68(47-21-5-2-6-22-47)72-69(71-67)53-40-50(48-34-35-61-49(38-48)36-37-73(61)62-33-17-23-45-18-7-8-24-56(45)62)39-51(41-53)52-42-54(74-63-29-13-9-25-57(63)58-26-10-14-30-64(58)74)44-55(43-52)75-65-31-15-11-27-59(65)60-28-12-16-32-66(60)75/h1-44H. The van der Waals surface area contributed by atoms with Gasteiger partial charge < -0.3 is 13.7 Å². The van der Waals surface area contributed by atoms with E-state index in [4.69, 9.17) is 15.0 Å². The third kappa shape index (κ3) is 7.14. The second kappa shape index (κ2) is 17.3. The van der Waals surface area contributed by atoms with E-state index in [0.717, 1.165) is 89.0 Å². The lowest BCUT2D eigenvalue weighted by molar-refractivity contribution is 1.07. The highest BCUT2D eigenvalue weighted by Gasteiger charge is 2.20. The summed E-state index contributed by atoms with van der Waals surface area (Å²) in [6.45, 7) is 0. The van der Waals surface area contributed by atoms with E-state index in [1.54, 1.807) is 0 Å². The molecule has 0 N–H and O–H groups in total. The second-order valence-electron chi connectivity index (χ2n) is 19.3. The van der Waals surface area contributed by atoms with Gasteiger partial charge in [0.25, 0.3) is 0 Å². The smallest absolute Gasteiger partial charge is 0.164 e. The van der Waals surface area contributed by atoms with Crippen molar-refractivity contribution in [3.63, 3.8) is 0 Å². The zero-order valence-electron chi connectivity index (χ0n) is 40.6. The maximum absolute atomic E-state index is 5.30. The summed E-state index contributed by atoms with van der Waals surface area (Å²) >= 11 is 0. The molecule has 0 aliphatic heterocycles. The number of hydrogen-bond acceptors (Lipinski definition) is 3. The van der Waals surface area contributed by atoms with E-state index in [2.05, 4.69) is 244 Å². The van der Waals surface area contributed by atoms with Crippen molar-refractivity contribution in [2.24, 2.45) is 0 Å². The Morgan fingerprint density at radius 1 is 0.240 bits per heavy atom. The van der Waals surface area contributed by atoms with E-state index in [-0.39, 0.29) is 0 Å². The average molecular weight is 957 g/mol. The number of aromatic nitrogens is 6. The summed E-state index contributed by atoms with van der Waals surface area (Å²) in [6, 6.07) is 93.4. The van der Waals surface area contributed by atoms with Gasteiger partial charge in [0.1, 0.15) is 0 Å². The Bertz CT molecular complexity index is 4410. The van der Waals surface area contributed by atoms with Crippen molar-refractivity contribution < 1.29 is 0 Å². The van der Waals surface area contributed by atoms with Crippen LogP contribution < -0.4 is 0 Å². The Hall–Kier alpha value is -10.2. The van der Waals surface area contributed by atoms with E-state index < -0.39 is 0 Å². The molecule has 6 nitrogen and oxygen atoms in total. The minimum Gasteiger partial charge on any atom is -0.316 e. The molecule has 350 valence electrons. The molecule has 11 aromatic carbocycles. The molecule has 0 unspecified atom stereocenters. The molecule has 6 heteroatoms. The molecule has 0 saturated heterocycles. The summed E-state index contributed by atoms with van der Waals surface area (Å²) < 4.78 is 7.16. The first kappa shape index (κ1) is 42.5. The topological polar surface area (TPSA) is 53.5 Å². The molecule has 0 amide bonds. The Kier molecular flexibility index (Phi) is 9.78. The normalized spacial score (nSPS) is 11.7. The number of benzene rings is 11. The monoisotopic (exact) mass is 956 g/mol.